The van der Waals surface area contributed by atoms with Crippen LogP contribution >= 0.6 is 11.6 Å². The number of halogens is 1. The maximum Gasteiger partial charge on any atom is 0.0820 e. The Bertz CT molecular complexity index is 362. The number of nitrogens with zero attached hydrogens (tertiary/aromatic N) is 2. The highest BCUT2D eigenvalue weighted by molar-refractivity contribution is 6.31. The lowest BCUT2D eigenvalue weighted by atomic mass is 9.71. The summed E-state index contributed by atoms with van der Waals surface area (Å²) in [5, 5.41) is 8.68. The van der Waals surface area contributed by atoms with E-state index < -0.39 is 0 Å². The molecule has 1 N–H and O–H groups in total. The molecular formula is C13H22ClN3. The van der Waals surface area contributed by atoms with E-state index >= 15 is 0 Å². The first-order chi connectivity index (χ1) is 8.27. The van der Waals surface area contributed by atoms with Crippen LogP contribution in [0.15, 0.2) is 6.20 Å². The van der Waals surface area contributed by atoms with Crippen molar-refractivity contribution in [2.45, 2.75) is 45.6 Å². The quantitative estimate of drug-likeness (QED) is 0.847. The highest BCUT2D eigenvalue weighted by atomic mass is 35.5. The molecule has 1 aromatic rings. The number of hydrogen-bond donors (Lipinski definition) is 1. The largest absolute Gasteiger partial charge is 0.317 e. The Morgan fingerprint density at radius 1 is 1.47 bits per heavy atom. The number of aromatic nitrogens is 2. The van der Waals surface area contributed by atoms with Crippen molar-refractivity contribution in [1.82, 2.24) is 15.1 Å². The van der Waals surface area contributed by atoms with E-state index in [9.17, 15) is 0 Å². The minimum Gasteiger partial charge on any atom is -0.317 e. The first kappa shape index (κ1) is 12.9. The van der Waals surface area contributed by atoms with Crippen LogP contribution in [0.5, 0.6) is 0 Å². The maximum absolute atomic E-state index is 6.28. The molecule has 2 atom stereocenters. The molecule has 3 nitrogen and oxygen atoms in total. The average molecular weight is 256 g/mol. The lowest BCUT2D eigenvalue weighted by Gasteiger charge is -2.37. The van der Waals surface area contributed by atoms with Crippen LogP contribution in [-0.4, -0.2) is 22.9 Å². The molecule has 0 radical (unpaired) electrons. The van der Waals surface area contributed by atoms with Gasteiger partial charge in [0.05, 0.1) is 16.9 Å². The van der Waals surface area contributed by atoms with E-state index in [2.05, 4.69) is 28.9 Å². The molecule has 0 aliphatic heterocycles. The van der Waals surface area contributed by atoms with Gasteiger partial charge >= 0.3 is 0 Å². The van der Waals surface area contributed by atoms with Crippen molar-refractivity contribution < 1.29 is 0 Å². The van der Waals surface area contributed by atoms with Crippen LogP contribution in [0.2, 0.25) is 5.02 Å². The molecule has 0 aromatic carbocycles. The minimum atomic E-state index is 0.607. The van der Waals surface area contributed by atoms with Crippen LogP contribution in [0.3, 0.4) is 0 Å². The van der Waals surface area contributed by atoms with E-state index in [0.717, 1.165) is 37.0 Å². The number of aryl methyl sites for hydroxylation is 1. The molecule has 0 spiro atoms. The Hall–Kier alpha value is -0.540. The molecule has 4 heteroatoms. The van der Waals surface area contributed by atoms with Gasteiger partial charge in [0.2, 0.25) is 0 Å². The van der Waals surface area contributed by atoms with Gasteiger partial charge in [-0.2, -0.15) is 5.10 Å². The molecule has 0 amide bonds. The van der Waals surface area contributed by atoms with E-state index in [1.807, 2.05) is 0 Å². The van der Waals surface area contributed by atoms with Gasteiger partial charge in [-0.15, -0.1) is 0 Å². The fraction of sp³-hybridized carbons (Fsp3) is 0.769. The second-order valence-electron chi connectivity index (χ2n) is 4.85. The SMILES string of the molecule is CCCn1ncc(Cl)c1C1CCC1CNCC. The summed E-state index contributed by atoms with van der Waals surface area (Å²) >= 11 is 6.28. The predicted octanol–water partition coefficient (Wildman–Crippen LogP) is 3.05. The summed E-state index contributed by atoms with van der Waals surface area (Å²) in [5.41, 5.74) is 1.27. The van der Waals surface area contributed by atoms with Crippen LogP contribution in [0.1, 0.15) is 44.7 Å². The summed E-state index contributed by atoms with van der Waals surface area (Å²) in [6.07, 6.45) is 5.47. The van der Waals surface area contributed by atoms with Crippen molar-refractivity contribution in [1.29, 1.82) is 0 Å². The summed E-state index contributed by atoms with van der Waals surface area (Å²) in [6.45, 7) is 7.46. The van der Waals surface area contributed by atoms with Crippen molar-refractivity contribution in [3.63, 3.8) is 0 Å². The predicted molar refractivity (Wildman–Crippen MR) is 71.5 cm³/mol. The van der Waals surface area contributed by atoms with Crippen molar-refractivity contribution >= 4 is 11.6 Å². The van der Waals surface area contributed by atoms with Gasteiger partial charge in [-0.05, 0) is 38.3 Å². The van der Waals surface area contributed by atoms with Gasteiger partial charge < -0.3 is 5.32 Å². The number of rotatable bonds is 6. The lowest BCUT2D eigenvalue weighted by molar-refractivity contribution is 0.235. The monoisotopic (exact) mass is 255 g/mol. The van der Waals surface area contributed by atoms with Crippen molar-refractivity contribution in [2.75, 3.05) is 13.1 Å². The van der Waals surface area contributed by atoms with Crippen molar-refractivity contribution in [3.8, 4) is 0 Å². The molecule has 1 aliphatic carbocycles. The Morgan fingerprint density at radius 2 is 2.29 bits per heavy atom. The normalized spacial score (nSPS) is 23.7. The van der Waals surface area contributed by atoms with Gasteiger partial charge in [-0.3, -0.25) is 4.68 Å². The molecule has 0 bridgehead atoms. The summed E-state index contributed by atoms with van der Waals surface area (Å²) in [4.78, 5) is 0. The number of nitrogens with one attached hydrogen (secondary N) is 1. The third-order valence-corrected chi connectivity index (χ3v) is 3.99. The summed E-state index contributed by atoms with van der Waals surface area (Å²) in [7, 11) is 0. The average Bonchev–Trinajstić information content (AvgIpc) is 2.62. The molecule has 96 valence electrons. The topological polar surface area (TPSA) is 29.9 Å². The first-order valence-corrected chi connectivity index (χ1v) is 7.07. The zero-order valence-electron chi connectivity index (χ0n) is 10.7. The Morgan fingerprint density at radius 3 is 2.88 bits per heavy atom. The molecule has 17 heavy (non-hydrogen) atoms. The van der Waals surface area contributed by atoms with Crippen LogP contribution in [0, 0.1) is 5.92 Å². The zero-order chi connectivity index (χ0) is 12.3. The van der Waals surface area contributed by atoms with Gasteiger partial charge in [0, 0.05) is 12.5 Å². The van der Waals surface area contributed by atoms with Gasteiger partial charge in [0.25, 0.3) is 0 Å². The number of hydrogen-bond acceptors (Lipinski definition) is 2. The van der Waals surface area contributed by atoms with Gasteiger partial charge in [-0.1, -0.05) is 25.4 Å². The fourth-order valence-electron chi connectivity index (χ4n) is 2.63. The van der Waals surface area contributed by atoms with E-state index in [-0.39, 0.29) is 0 Å². The summed E-state index contributed by atoms with van der Waals surface area (Å²) < 4.78 is 2.10. The highest BCUT2D eigenvalue weighted by Gasteiger charge is 2.35. The summed E-state index contributed by atoms with van der Waals surface area (Å²) in [5.74, 6) is 1.34. The molecule has 0 saturated heterocycles. The van der Waals surface area contributed by atoms with Crippen LogP contribution < -0.4 is 5.32 Å². The highest BCUT2D eigenvalue weighted by Crippen LogP contribution is 2.44. The lowest BCUT2D eigenvalue weighted by Crippen LogP contribution is -2.35. The third-order valence-electron chi connectivity index (χ3n) is 3.69. The van der Waals surface area contributed by atoms with E-state index in [1.54, 1.807) is 6.20 Å². The standard InChI is InChI=1S/C13H22ClN3/c1-3-7-17-13(12(14)9-16-17)11-6-5-10(11)8-15-4-2/h9-11,15H,3-8H2,1-2H3. The second kappa shape index (κ2) is 5.87. The van der Waals surface area contributed by atoms with E-state index in [0.29, 0.717) is 5.92 Å². The molecule has 1 heterocycles. The molecular weight excluding hydrogens is 234 g/mol. The second-order valence-corrected chi connectivity index (χ2v) is 5.26. The Balaban J connectivity index is 2.08. The smallest absolute Gasteiger partial charge is 0.0820 e. The van der Waals surface area contributed by atoms with Crippen LogP contribution in [-0.2, 0) is 6.54 Å². The van der Waals surface area contributed by atoms with Gasteiger partial charge in [-0.25, -0.2) is 0 Å². The maximum atomic E-state index is 6.28. The third kappa shape index (κ3) is 2.66. The zero-order valence-corrected chi connectivity index (χ0v) is 11.5. The fourth-order valence-corrected chi connectivity index (χ4v) is 2.91. The molecule has 2 rings (SSSR count). The molecule has 1 aromatic heterocycles. The van der Waals surface area contributed by atoms with Crippen LogP contribution in [0.25, 0.3) is 0 Å². The van der Waals surface area contributed by atoms with Gasteiger partial charge in [0.1, 0.15) is 0 Å². The molecule has 1 aliphatic rings. The summed E-state index contributed by atoms with van der Waals surface area (Å²) in [6, 6.07) is 0. The van der Waals surface area contributed by atoms with Crippen molar-refractivity contribution in [2.24, 2.45) is 5.92 Å². The van der Waals surface area contributed by atoms with Crippen molar-refractivity contribution in [3.05, 3.63) is 16.9 Å². The first-order valence-electron chi connectivity index (χ1n) is 6.69. The Labute approximate surface area is 109 Å². The van der Waals surface area contributed by atoms with Crippen LogP contribution in [0.4, 0.5) is 0 Å². The molecule has 1 saturated carbocycles. The minimum absolute atomic E-state index is 0.607. The molecule has 1 fully saturated rings. The van der Waals surface area contributed by atoms with E-state index in [1.165, 1.54) is 18.5 Å². The van der Waals surface area contributed by atoms with E-state index in [4.69, 9.17) is 11.6 Å². The molecule has 2 unspecified atom stereocenters. The van der Waals surface area contributed by atoms with Gasteiger partial charge in [0.15, 0.2) is 0 Å². The Kier molecular flexibility index (Phi) is 4.46.